The largest absolute Gasteiger partial charge is 0.305 e. The number of hydrogen-bond donors (Lipinski definition) is 1. The molecule has 1 aliphatic rings. The Hall–Kier alpha value is -0.590. The van der Waals surface area contributed by atoms with E-state index >= 15 is 0 Å². The van der Waals surface area contributed by atoms with Gasteiger partial charge in [-0.05, 0) is 39.4 Å². The zero-order valence-corrected chi connectivity index (χ0v) is 9.84. The smallest absolute Gasteiger partial charge is 0.0962 e. The highest BCUT2D eigenvalue weighted by Gasteiger charge is 2.10. The highest BCUT2D eigenvalue weighted by molar-refractivity contribution is 4.89. The van der Waals surface area contributed by atoms with Gasteiger partial charge in [-0.25, -0.2) is 0 Å². The molecule has 1 rings (SSSR count). The summed E-state index contributed by atoms with van der Waals surface area (Å²) in [5.74, 6) is 0. The fourth-order valence-electron chi connectivity index (χ4n) is 2.12. The van der Waals surface area contributed by atoms with Gasteiger partial charge in [0.05, 0.1) is 12.1 Å². The first-order valence-electron chi connectivity index (χ1n) is 6.16. The van der Waals surface area contributed by atoms with Crippen LogP contribution in [0.5, 0.6) is 0 Å². The normalized spacial score (nSPS) is 21.3. The van der Waals surface area contributed by atoms with Gasteiger partial charge in [0.15, 0.2) is 0 Å². The highest BCUT2D eigenvalue weighted by atomic mass is 15.1. The van der Waals surface area contributed by atoms with Crippen LogP contribution in [0.2, 0.25) is 0 Å². The van der Waals surface area contributed by atoms with Gasteiger partial charge in [-0.15, -0.1) is 0 Å². The molecule has 15 heavy (non-hydrogen) atoms. The molecule has 0 saturated carbocycles. The van der Waals surface area contributed by atoms with Gasteiger partial charge in [-0.1, -0.05) is 19.3 Å². The Labute approximate surface area is 93.5 Å². The van der Waals surface area contributed by atoms with Crippen LogP contribution in [0.25, 0.3) is 0 Å². The Morgan fingerprint density at radius 2 is 1.80 bits per heavy atom. The number of hydrogen-bond acceptors (Lipinski definition) is 3. The summed E-state index contributed by atoms with van der Waals surface area (Å²) in [5, 5.41) is 11.9. The van der Waals surface area contributed by atoms with Gasteiger partial charge in [0.2, 0.25) is 0 Å². The van der Waals surface area contributed by atoms with E-state index in [4.69, 9.17) is 5.26 Å². The van der Waals surface area contributed by atoms with Crippen LogP contribution in [0.1, 0.15) is 38.5 Å². The molecule has 0 radical (unpaired) electrons. The van der Waals surface area contributed by atoms with Crippen molar-refractivity contribution in [1.82, 2.24) is 10.2 Å². The molecule has 3 nitrogen and oxygen atoms in total. The van der Waals surface area contributed by atoms with Crippen LogP contribution in [0, 0.1) is 11.3 Å². The van der Waals surface area contributed by atoms with Crippen molar-refractivity contribution in [2.45, 2.75) is 44.6 Å². The van der Waals surface area contributed by atoms with Crippen molar-refractivity contribution in [3.63, 3.8) is 0 Å². The predicted molar refractivity (Wildman–Crippen MR) is 62.6 cm³/mol. The molecule has 3 heteroatoms. The summed E-state index contributed by atoms with van der Waals surface area (Å²) >= 11 is 0. The van der Waals surface area contributed by atoms with E-state index in [9.17, 15) is 0 Å². The van der Waals surface area contributed by atoms with Crippen molar-refractivity contribution in [3.05, 3.63) is 0 Å². The Morgan fingerprint density at radius 1 is 1.20 bits per heavy atom. The van der Waals surface area contributed by atoms with Crippen molar-refractivity contribution < 1.29 is 0 Å². The summed E-state index contributed by atoms with van der Waals surface area (Å²) in [4.78, 5) is 2.51. The van der Waals surface area contributed by atoms with Crippen LogP contribution in [-0.2, 0) is 0 Å². The van der Waals surface area contributed by atoms with E-state index in [1.54, 1.807) is 0 Å². The van der Waals surface area contributed by atoms with E-state index in [1.807, 2.05) is 7.05 Å². The lowest BCUT2D eigenvalue weighted by Crippen LogP contribution is -2.33. The van der Waals surface area contributed by atoms with E-state index in [-0.39, 0.29) is 6.04 Å². The summed E-state index contributed by atoms with van der Waals surface area (Å²) in [6.45, 7) is 3.52. The Bertz CT molecular complexity index is 190. The molecule has 0 aromatic heterocycles. The third-order valence-electron chi connectivity index (χ3n) is 3.19. The maximum Gasteiger partial charge on any atom is 0.0962 e. The van der Waals surface area contributed by atoms with E-state index in [1.165, 1.54) is 45.2 Å². The zero-order chi connectivity index (χ0) is 10.9. The Kier molecular flexibility index (Phi) is 6.38. The lowest BCUT2D eigenvalue weighted by Gasteiger charge is -2.25. The first kappa shape index (κ1) is 12.5. The molecule has 86 valence electrons. The van der Waals surface area contributed by atoms with E-state index in [2.05, 4.69) is 16.3 Å². The second-order valence-corrected chi connectivity index (χ2v) is 4.37. The molecule has 1 aliphatic heterocycles. The maximum atomic E-state index is 8.83. The topological polar surface area (TPSA) is 39.1 Å². The van der Waals surface area contributed by atoms with Gasteiger partial charge in [0.1, 0.15) is 0 Å². The number of nitriles is 1. The quantitative estimate of drug-likeness (QED) is 0.766. The molecule has 1 heterocycles. The molecule has 1 fully saturated rings. The molecule has 0 bridgehead atoms. The van der Waals surface area contributed by atoms with E-state index < -0.39 is 0 Å². The fraction of sp³-hybridized carbons (Fsp3) is 0.917. The average molecular weight is 209 g/mol. The molecular formula is C12H23N3. The van der Waals surface area contributed by atoms with E-state index in [0.29, 0.717) is 0 Å². The van der Waals surface area contributed by atoms with E-state index in [0.717, 1.165) is 13.0 Å². The minimum absolute atomic E-state index is 0.0236. The fourth-order valence-corrected chi connectivity index (χ4v) is 2.12. The van der Waals surface area contributed by atoms with Crippen LogP contribution in [0.4, 0.5) is 0 Å². The van der Waals surface area contributed by atoms with Gasteiger partial charge < -0.3 is 10.2 Å². The van der Waals surface area contributed by atoms with Gasteiger partial charge in [0.25, 0.3) is 0 Å². The van der Waals surface area contributed by atoms with Crippen molar-refractivity contribution in [1.29, 1.82) is 5.26 Å². The van der Waals surface area contributed by atoms with Crippen molar-refractivity contribution in [2.24, 2.45) is 0 Å². The molecule has 0 amide bonds. The van der Waals surface area contributed by atoms with Crippen molar-refractivity contribution in [3.8, 4) is 6.07 Å². The molecule has 0 aromatic rings. The first-order chi connectivity index (χ1) is 7.36. The number of rotatable bonds is 4. The Balaban J connectivity index is 2.20. The summed E-state index contributed by atoms with van der Waals surface area (Å²) in [6.07, 6.45) is 7.78. The second-order valence-electron chi connectivity index (χ2n) is 4.37. The van der Waals surface area contributed by atoms with Crippen LogP contribution in [0.15, 0.2) is 0 Å². The predicted octanol–water partition coefficient (Wildman–Crippen LogP) is 1.75. The summed E-state index contributed by atoms with van der Waals surface area (Å²) < 4.78 is 0. The second kappa shape index (κ2) is 7.67. The molecule has 0 aromatic carbocycles. The van der Waals surface area contributed by atoms with Crippen LogP contribution in [-0.4, -0.2) is 37.6 Å². The lowest BCUT2D eigenvalue weighted by molar-refractivity contribution is 0.240. The molecule has 1 atom stereocenters. The molecule has 1 saturated heterocycles. The Morgan fingerprint density at radius 3 is 2.33 bits per heavy atom. The molecule has 1 unspecified atom stereocenters. The van der Waals surface area contributed by atoms with Crippen LogP contribution in [0.3, 0.4) is 0 Å². The van der Waals surface area contributed by atoms with Gasteiger partial charge in [-0.3, -0.25) is 0 Å². The zero-order valence-electron chi connectivity index (χ0n) is 9.84. The minimum Gasteiger partial charge on any atom is -0.305 e. The third kappa shape index (κ3) is 5.15. The third-order valence-corrected chi connectivity index (χ3v) is 3.19. The molecule has 0 spiro atoms. The average Bonchev–Trinajstić information content (AvgIpc) is 2.21. The standard InChI is InChI=1S/C12H23N3/c1-14-12(11-13)7-10-15-8-5-3-2-4-6-9-15/h12,14H,2-10H2,1H3. The summed E-state index contributed by atoms with van der Waals surface area (Å²) in [7, 11) is 1.86. The van der Waals surface area contributed by atoms with Gasteiger partial charge >= 0.3 is 0 Å². The molecule has 1 N–H and O–H groups in total. The van der Waals surface area contributed by atoms with Crippen molar-refractivity contribution >= 4 is 0 Å². The minimum atomic E-state index is 0.0236. The summed E-state index contributed by atoms with van der Waals surface area (Å²) in [5.41, 5.74) is 0. The SMILES string of the molecule is CNC(C#N)CCN1CCCCCCC1. The molecule has 0 aliphatic carbocycles. The van der Waals surface area contributed by atoms with Crippen LogP contribution >= 0.6 is 0 Å². The number of nitrogens with zero attached hydrogens (tertiary/aromatic N) is 2. The number of likely N-dealkylation sites (tertiary alicyclic amines) is 1. The number of nitrogens with one attached hydrogen (secondary N) is 1. The molecular weight excluding hydrogens is 186 g/mol. The van der Waals surface area contributed by atoms with Gasteiger partial charge in [-0.2, -0.15) is 5.26 Å². The van der Waals surface area contributed by atoms with Gasteiger partial charge in [0, 0.05) is 6.54 Å². The highest BCUT2D eigenvalue weighted by Crippen LogP contribution is 2.10. The monoisotopic (exact) mass is 209 g/mol. The van der Waals surface area contributed by atoms with Crippen LogP contribution < -0.4 is 5.32 Å². The van der Waals surface area contributed by atoms with Crippen molar-refractivity contribution in [2.75, 3.05) is 26.7 Å². The first-order valence-corrected chi connectivity index (χ1v) is 6.16. The lowest BCUT2D eigenvalue weighted by atomic mass is 10.1. The summed E-state index contributed by atoms with van der Waals surface area (Å²) in [6, 6.07) is 2.31. The maximum absolute atomic E-state index is 8.83.